The Morgan fingerprint density at radius 2 is 2.12 bits per heavy atom. The van der Waals surface area contributed by atoms with E-state index in [2.05, 4.69) is 4.98 Å². The first-order chi connectivity index (χ1) is 12.0. The molecule has 9 heteroatoms. The summed E-state index contributed by atoms with van der Waals surface area (Å²) in [4.78, 5) is 30.3. The van der Waals surface area contributed by atoms with E-state index in [1.54, 1.807) is 4.90 Å². The Balaban J connectivity index is 1.63. The molecule has 3 heterocycles. The number of hydrogen-bond donors (Lipinski definition) is 1. The van der Waals surface area contributed by atoms with E-state index in [0.29, 0.717) is 13.2 Å². The second-order valence-corrected chi connectivity index (χ2v) is 6.48. The van der Waals surface area contributed by atoms with Crippen LogP contribution in [0.1, 0.15) is 10.5 Å². The lowest BCUT2D eigenvalue weighted by Crippen LogP contribution is -2.61. The second-order valence-electron chi connectivity index (χ2n) is 6.11. The van der Waals surface area contributed by atoms with Crippen molar-refractivity contribution in [3.05, 3.63) is 34.5 Å². The minimum atomic E-state index is -0.872. The molecule has 1 aromatic heterocycles. The predicted molar refractivity (Wildman–Crippen MR) is 85.4 cm³/mol. The van der Waals surface area contributed by atoms with Crippen molar-refractivity contribution in [2.45, 2.75) is 6.04 Å². The number of nitrogens with zero attached hydrogens (tertiary/aromatic N) is 2. The zero-order valence-electron chi connectivity index (χ0n) is 13.0. The van der Waals surface area contributed by atoms with Crippen LogP contribution < -0.4 is 0 Å². The van der Waals surface area contributed by atoms with Crippen LogP contribution >= 0.6 is 11.6 Å². The Morgan fingerprint density at radius 1 is 1.32 bits per heavy atom. The van der Waals surface area contributed by atoms with Crippen LogP contribution in [0.2, 0.25) is 5.02 Å². The molecule has 4 rings (SSSR count). The molecule has 0 saturated carbocycles. The Bertz CT molecular complexity index is 885. The molecule has 6 nitrogen and oxygen atoms in total. The van der Waals surface area contributed by atoms with Gasteiger partial charge in [-0.15, -0.1) is 0 Å². The smallest absolute Gasteiger partial charge is 0.273 e. The SMILES string of the molecule is O=C(c1[nH]c2ccc(F)c(Cl)c2c1F)N1CCN2C(=O)COC[C@@H]2C1. The van der Waals surface area contributed by atoms with Gasteiger partial charge in [0.2, 0.25) is 5.91 Å². The first-order valence-electron chi connectivity index (χ1n) is 7.79. The van der Waals surface area contributed by atoms with Gasteiger partial charge >= 0.3 is 0 Å². The van der Waals surface area contributed by atoms with Crippen molar-refractivity contribution < 1.29 is 23.1 Å². The maximum Gasteiger partial charge on any atom is 0.273 e. The van der Waals surface area contributed by atoms with Gasteiger partial charge < -0.3 is 19.5 Å². The van der Waals surface area contributed by atoms with Crippen LogP contribution in [0, 0.1) is 11.6 Å². The molecular formula is C16H14ClF2N3O3. The number of carbonyl (C=O) groups excluding carboxylic acids is 2. The van der Waals surface area contributed by atoms with E-state index in [1.807, 2.05) is 0 Å². The summed E-state index contributed by atoms with van der Waals surface area (Å²) in [7, 11) is 0. The quantitative estimate of drug-likeness (QED) is 0.833. The number of aromatic nitrogens is 1. The third-order valence-corrected chi connectivity index (χ3v) is 5.00. The standard InChI is InChI=1S/C16H14ClF2N3O3/c17-13-9(18)1-2-10-12(13)14(19)15(20-10)16(24)21-3-4-22-8(5-21)6-25-7-11(22)23/h1-2,8,20H,3-7H2/t8-/m0/s1. The zero-order chi connectivity index (χ0) is 17.7. The summed E-state index contributed by atoms with van der Waals surface area (Å²) in [6, 6.07) is 2.20. The van der Waals surface area contributed by atoms with E-state index in [4.69, 9.17) is 16.3 Å². The number of piperazine rings is 1. The van der Waals surface area contributed by atoms with Crippen LogP contribution in [0.15, 0.2) is 12.1 Å². The van der Waals surface area contributed by atoms with Crippen molar-refractivity contribution in [1.82, 2.24) is 14.8 Å². The van der Waals surface area contributed by atoms with Gasteiger partial charge in [0.15, 0.2) is 5.82 Å². The lowest BCUT2D eigenvalue weighted by molar-refractivity contribution is -0.151. The van der Waals surface area contributed by atoms with Crippen LogP contribution in [0.3, 0.4) is 0 Å². The number of rotatable bonds is 1. The highest BCUT2D eigenvalue weighted by Gasteiger charge is 2.36. The third-order valence-electron chi connectivity index (χ3n) is 4.63. The Labute approximate surface area is 146 Å². The van der Waals surface area contributed by atoms with Gasteiger partial charge in [-0.25, -0.2) is 8.78 Å². The van der Waals surface area contributed by atoms with Crippen molar-refractivity contribution in [2.24, 2.45) is 0 Å². The van der Waals surface area contributed by atoms with Gasteiger partial charge in [-0.3, -0.25) is 9.59 Å². The summed E-state index contributed by atoms with van der Waals surface area (Å²) in [5, 5.41) is -0.499. The highest BCUT2D eigenvalue weighted by Crippen LogP contribution is 2.31. The molecule has 1 aromatic carbocycles. The maximum absolute atomic E-state index is 14.7. The lowest BCUT2D eigenvalue weighted by Gasteiger charge is -2.43. The minimum Gasteiger partial charge on any atom is -0.369 e. The lowest BCUT2D eigenvalue weighted by atomic mass is 10.1. The molecule has 132 valence electrons. The fourth-order valence-electron chi connectivity index (χ4n) is 3.37. The van der Waals surface area contributed by atoms with Crippen molar-refractivity contribution >= 4 is 34.3 Å². The second kappa shape index (κ2) is 5.96. The monoisotopic (exact) mass is 369 g/mol. The van der Waals surface area contributed by atoms with Gasteiger partial charge in [-0.2, -0.15) is 0 Å². The molecule has 2 amide bonds. The molecule has 0 aliphatic carbocycles. The average molecular weight is 370 g/mol. The summed E-state index contributed by atoms with van der Waals surface area (Å²) in [6.07, 6.45) is 0. The van der Waals surface area contributed by atoms with Crippen molar-refractivity contribution in [1.29, 1.82) is 0 Å². The molecule has 0 bridgehead atoms. The van der Waals surface area contributed by atoms with Gasteiger partial charge in [-0.1, -0.05) is 11.6 Å². The number of hydrogen-bond acceptors (Lipinski definition) is 3. The van der Waals surface area contributed by atoms with E-state index in [9.17, 15) is 18.4 Å². The molecular weight excluding hydrogens is 356 g/mol. The Morgan fingerprint density at radius 3 is 2.92 bits per heavy atom. The predicted octanol–water partition coefficient (Wildman–Crippen LogP) is 1.78. The number of benzene rings is 1. The van der Waals surface area contributed by atoms with Gasteiger partial charge in [0.25, 0.3) is 5.91 Å². The van der Waals surface area contributed by atoms with Crippen LogP contribution in [-0.2, 0) is 9.53 Å². The molecule has 25 heavy (non-hydrogen) atoms. The molecule has 2 aliphatic heterocycles. The van der Waals surface area contributed by atoms with Crippen LogP contribution in [-0.4, -0.2) is 65.5 Å². The number of ether oxygens (including phenoxy) is 1. The average Bonchev–Trinajstić information content (AvgIpc) is 2.95. The molecule has 1 atom stereocenters. The molecule has 0 radical (unpaired) electrons. The molecule has 0 spiro atoms. The first-order valence-corrected chi connectivity index (χ1v) is 8.17. The zero-order valence-corrected chi connectivity index (χ0v) is 13.8. The van der Waals surface area contributed by atoms with E-state index in [0.717, 1.165) is 6.07 Å². The summed E-state index contributed by atoms with van der Waals surface area (Å²) in [5.41, 5.74) is -0.0129. The molecule has 2 aromatic rings. The van der Waals surface area contributed by atoms with E-state index >= 15 is 0 Å². The number of amides is 2. The van der Waals surface area contributed by atoms with Crippen LogP contribution in [0.5, 0.6) is 0 Å². The van der Waals surface area contributed by atoms with E-state index in [-0.39, 0.29) is 53.3 Å². The molecule has 1 N–H and O–H groups in total. The van der Waals surface area contributed by atoms with E-state index < -0.39 is 17.5 Å². The maximum atomic E-state index is 14.7. The number of fused-ring (bicyclic) bond motifs is 2. The van der Waals surface area contributed by atoms with Crippen LogP contribution in [0.25, 0.3) is 10.9 Å². The molecule has 2 aliphatic rings. The highest BCUT2D eigenvalue weighted by molar-refractivity contribution is 6.35. The number of nitrogens with one attached hydrogen (secondary N) is 1. The minimum absolute atomic E-state index is 0.0468. The number of H-pyrrole nitrogens is 1. The summed E-state index contributed by atoms with van der Waals surface area (Å²) in [6.45, 7) is 1.29. The van der Waals surface area contributed by atoms with Crippen LogP contribution in [0.4, 0.5) is 8.78 Å². The number of morpholine rings is 1. The van der Waals surface area contributed by atoms with Crippen molar-refractivity contribution in [2.75, 3.05) is 32.8 Å². The van der Waals surface area contributed by atoms with Gasteiger partial charge in [-0.05, 0) is 12.1 Å². The summed E-state index contributed by atoms with van der Waals surface area (Å²) < 4.78 is 33.4. The molecule has 2 fully saturated rings. The molecule has 2 saturated heterocycles. The largest absolute Gasteiger partial charge is 0.369 e. The van der Waals surface area contributed by atoms with Crippen molar-refractivity contribution in [3.8, 4) is 0 Å². The van der Waals surface area contributed by atoms with E-state index in [1.165, 1.54) is 11.0 Å². The molecule has 0 unspecified atom stereocenters. The third kappa shape index (κ3) is 2.56. The van der Waals surface area contributed by atoms with Crippen molar-refractivity contribution in [3.63, 3.8) is 0 Å². The number of carbonyl (C=O) groups is 2. The van der Waals surface area contributed by atoms with Gasteiger partial charge in [0.1, 0.15) is 18.1 Å². The van der Waals surface area contributed by atoms with Gasteiger partial charge in [0, 0.05) is 19.6 Å². The fraction of sp³-hybridized carbons (Fsp3) is 0.375. The number of aromatic amines is 1. The Hall–Kier alpha value is -2.19. The fourth-order valence-corrected chi connectivity index (χ4v) is 3.61. The normalized spacial score (nSPS) is 20.9. The summed E-state index contributed by atoms with van der Waals surface area (Å²) >= 11 is 5.82. The highest BCUT2D eigenvalue weighted by atomic mass is 35.5. The Kier molecular flexibility index (Phi) is 3.88. The summed E-state index contributed by atoms with van der Waals surface area (Å²) in [5.74, 6) is -2.29. The topological polar surface area (TPSA) is 65.6 Å². The van der Waals surface area contributed by atoms with Gasteiger partial charge in [0.05, 0.1) is 28.6 Å². The first kappa shape index (κ1) is 16.3. The number of halogens is 3.